The molecule has 26 heavy (non-hydrogen) atoms. The molecule has 0 spiro atoms. The van der Waals surface area contributed by atoms with Gasteiger partial charge in [-0.2, -0.15) is 0 Å². The molecule has 0 bridgehead atoms. The number of piperidine rings is 1. The summed E-state index contributed by atoms with van der Waals surface area (Å²) in [4.78, 5) is 24.2. The summed E-state index contributed by atoms with van der Waals surface area (Å²) in [7, 11) is 0. The van der Waals surface area contributed by atoms with Gasteiger partial charge in [0.05, 0.1) is 0 Å². The van der Waals surface area contributed by atoms with E-state index in [0.29, 0.717) is 24.0 Å². The van der Waals surface area contributed by atoms with E-state index in [9.17, 15) is 4.79 Å². The predicted molar refractivity (Wildman–Crippen MR) is 105 cm³/mol. The number of aromatic nitrogens is 2. The highest BCUT2D eigenvalue weighted by Gasteiger charge is 2.20. The molecule has 1 aromatic heterocycles. The van der Waals surface area contributed by atoms with E-state index in [0.717, 1.165) is 43.2 Å². The normalized spacial score (nSPS) is 15.3. The fourth-order valence-corrected chi connectivity index (χ4v) is 3.05. The van der Waals surface area contributed by atoms with Crippen molar-refractivity contribution in [2.24, 2.45) is 11.8 Å². The van der Waals surface area contributed by atoms with Crippen molar-refractivity contribution in [1.29, 1.82) is 0 Å². The summed E-state index contributed by atoms with van der Waals surface area (Å²) in [6.07, 6.45) is 2.30. The Morgan fingerprint density at radius 2 is 1.88 bits per heavy atom. The van der Waals surface area contributed by atoms with E-state index in [1.807, 2.05) is 36.4 Å². The second-order valence-corrected chi connectivity index (χ2v) is 7.57. The van der Waals surface area contributed by atoms with Crippen molar-refractivity contribution in [1.82, 2.24) is 15.3 Å². The Hall–Kier alpha value is -2.43. The van der Waals surface area contributed by atoms with Crippen LogP contribution >= 0.6 is 0 Å². The molecule has 2 aromatic rings. The van der Waals surface area contributed by atoms with Gasteiger partial charge in [-0.3, -0.25) is 4.79 Å². The van der Waals surface area contributed by atoms with Gasteiger partial charge in [0, 0.05) is 31.3 Å². The molecule has 0 saturated carbocycles. The number of carbonyl (C=O) groups excluding carboxylic acids is 1. The number of amides is 1. The third-order valence-corrected chi connectivity index (χ3v) is 4.76. The van der Waals surface area contributed by atoms with Gasteiger partial charge in [0.1, 0.15) is 11.5 Å². The van der Waals surface area contributed by atoms with Crippen LogP contribution in [0.5, 0.6) is 0 Å². The third kappa shape index (κ3) is 4.59. The molecule has 0 atom stereocenters. The molecule has 2 heterocycles. The maximum atomic E-state index is 12.6. The molecule has 0 unspecified atom stereocenters. The van der Waals surface area contributed by atoms with Gasteiger partial charge in [0.25, 0.3) is 5.91 Å². The van der Waals surface area contributed by atoms with Crippen LogP contribution in [0.15, 0.2) is 36.4 Å². The maximum Gasteiger partial charge on any atom is 0.270 e. The van der Waals surface area contributed by atoms with E-state index >= 15 is 0 Å². The number of anilines is 1. The zero-order valence-corrected chi connectivity index (χ0v) is 15.9. The number of hydrogen-bond donors (Lipinski definition) is 1. The van der Waals surface area contributed by atoms with E-state index in [4.69, 9.17) is 4.98 Å². The van der Waals surface area contributed by atoms with Crippen molar-refractivity contribution in [3.8, 4) is 11.4 Å². The van der Waals surface area contributed by atoms with Crippen molar-refractivity contribution < 1.29 is 4.79 Å². The Morgan fingerprint density at radius 1 is 1.19 bits per heavy atom. The van der Waals surface area contributed by atoms with E-state index < -0.39 is 0 Å². The zero-order chi connectivity index (χ0) is 18.5. The second-order valence-electron chi connectivity index (χ2n) is 7.57. The van der Waals surface area contributed by atoms with Crippen LogP contribution < -0.4 is 10.2 Å². The van der Waals surface area contributed by atoms with Gasteiger partial charge in [-0.15, -0.1) is 0 Å². The van der Waals surface area contributed by atoms with Gasteiger partial charge in [0.2, 0.25) is 0 Å². The van der Waals surface area contributed by atoms with Gasteiger partial charge in [-0.1, -0.05) is 51.1 Å². The lowest BCUT2D eigenvalue weighted by molar-refractivity contribution is 0.0944. The first-order valence-electron chi connectivity index (χ1n) is 9.50. The molecular formula is C21H28N4O. The lowest BCUT2D eigenvalue weighted by Crippen LogP contribution is -2.34. The Morgan fingerprint density at radius 3 is 2.54 bits per heavy atom. The fourth-order valence-electron chi connectivity index (χ4n) is 3.05. The molecule has 0 aliphatic carbocycles. The molecule has 1 aromatic carbocycles. The first kappa shape index (κ1) is 18.4. The smallest absolute Gasteiger partial charge is 0.270 e. The molecule has 1 amide bonds. The van der Waals surface area contributed by atoms with Crippen molar-refractivity contribution >= 4 is 11.7 Å². The number of nitrogens with zero attached hydrogens (tertiary/aromatic N) is 3. The summed E-state index contributed by atoms with van der Waals surface area (Å²) in [6.45, 7) is 9.03. The summed E-state index contributed by atoms with van der Waals surface area (Å²) < 4.78 is 0. The number of rotatable bonds is 5. The standard InChI is InChI=1S/C21H28N4O/c1-15(2)14-22-21(26)18-13-19(25-11-9-16(3)10-12-25)24-20(23-18)17-7-5-4-6-8-17/h4-8,13,15-16H,9-12,14H2,1-3H3,(H,22,26). The minimum atomic E-state index is -0.134. The number of nitrogens with one attached hydrogen (secondary N) is 1. The van der Waals surface area contributed by atoms with Crippen LogP contribution in [0.4, 0.5) is 5.82 Å². The van der Waals surface area contributed by atoms with Crippen LogP contribution in [0, 0.1) is 11.8 Å². The molecule has 0 radical (unpaired) electrons. The highest BCUT2D eigenvalue weighted by atomic mass is 16.1. The Labute approximate surface area is 155 Å². The summed E-state index contributed by atoms with van der Waals surface area (Å²) in [6, 6.07) is 11.7. The van der Waals surface area contributed by atoms with E-state index in [1.54, 1.807) is 0 Å². The lowest BCUT2D eigenvalue weighted by atomic mass is 9.99. The Balaban J connectivity index is 1.93. The molecule has 1 fully saturated rings. The Kier molecular flexibility index (Phi) is 5.86. The molecule has 1 aliphatic rings. The van der Waals surface area contributed by atoms with Crippen LogP contribution in [0.25, 0.3) is 11.4 Å². The van der Waals surface area contributed by atoms with Gasteiger partial charge in [0.15, 0.2) is 5.82 Å². The molecule has 5 heteroatoms. The van der Waals surface area contributed by atoms with E-state index in [1.165, 1.54) is 0 Å². The maximum absolute atomic E-state index is 12.6. The third-order valence-electron chi connectivity index (χ3n) is 4.76. The average Bonchev–Trinajstić information content (AvgIpc) is 2.67. The van der Waals surface area contributed by atoms with Gasteiger partial charge < -0.3 is 10.2 Å². The molecule has 5 nitrogen and oxygen atoms in total. The minimum Gasteiger partial charge on any atom is -0.356 e. The molecular weight excluding hydrogens is 324 g/mol. The number of carbonyl (C=O) groups is 1. The van der Waals surface area contributed by atoms with Crippen LogP contribution in [0.2, 0.25) is 0 Å². The van der Waals surface area contributed by atoms with Crippen LogP contribution in [0.1, 0.15) is 44.1 Å². The van der Waals surface area contributed by atoms with Crippen molar-refractivity contribution in [2.45, 2.75) is 33.6 Å². The quantitative estimate of drug-likeness (QED) is 0.890. The summed E-state index contributed by atoms with van der Waals surface area (Å²) in [5.41, 5.74) is 1.37. The van der Waals surface area contributed by atoms with Crippen LogP contribution in [0.3, 0.4) is 0 Å². The van der Waals surface area contributed by atoms with Crippen LogP contribution in [-0.4, -0.2) is 35.5 Å². The molecule has 1 saturated heterocycles. The molecule has 138 valence electrons. The largest absolute Gasteiger partial charge is 0.356 e. The van der Waals surface area contributed by atoms with Crippen LogP contribution in [-0.2, 0) is 0 Å². The first-order valence-corrected chi connectivity index (χ1v) is 9.50. The van der Waals surface area contributed by atoms with Gasteiger partial charge in [-0.25, -0.2) is 9.97 Å². The SMILES string of the molecule is CC(C)CNC(=O)c1cc(N2CCC(C)CC2)nc(-c2ccccc2)n1. The van der Waals surface area contributed by atoms with Crippen molar-refractivity contribution in [3.63, 3.8) is 0 Å². The lowest BCUT2D eigenvalue weighted by Gasteiger charge is -2.31. The molecule has 3 rings (SSSR count). The summed E-state index contributed by atoms with van der Waals surface area (Å²) in [5.74, 6) is 2.47. The molecule has 1 N–H and O–H groups in total. The fraction of sp³-hybridized carbons (Fsp3) is 0.476. The van der Waals surface area contributed by atoms with Crippen molar-refractivity contribution in [3.05, 3.63) is 42.1 Å². The van der Waals surface area contributed by atoms with E-state index in [2.05, 4.69) is 36.0 Å². The van der Waals surface area contributed by atoms with E-state index in [-0.39, 0.29) is 5.91 Å². The molecule has 1 aliphatic heterocycles. The zero-order valence-electron chi connectivity index (χ0n) is 15.9. The van der Waals surface area contributed by atoms with Gasteiger partial charge >= 0.3 is 0 Å². The monoisotopic (exact) mass is 352 g/mol. The minimum absolute atomic E-state index is 0.134. The van der Waals surface area contributed by atoms with Crippen molar-refractivity contribution in [2.75, 3.05) is 24.5 Å². The Bertz CT molecular complexity index is 737. The number of hydrogen-bond acceptors (Lipinski definition) is 4. The number of benzene rings is 1. The average molecular weight is 352 g/mol. The topological polar surface area (TPSA) is 58.1 Å². The predicted octanol–water partition coefficient (Wildman–Crippen LogP) is 3.77. The second kappa shape index (κ2) is 8.30. The summed E-state index contributed by atoms with van der Waals surface area (Å²) >= 11 is 0. The summed E-state index contributed by atoms with van der Waals surface area (Å²) in [5, 5.41) is 2.97. The van der Waals surface area contributed by atoms with Gasteiger partial charge in [-0.05, 0) is 24.7 Å². The first-order chi connectivity index (χ1) is 12.5. The highest BCUT2D eigenvalue weighted by molar-refractivity contribution is 5.93. The highest BCUT2D eigenvalue weighted by Crippen LogP contribution is 2.24.